The summed E-state index contributed by atoms with van der Waals surface area (Å²) in [4.78, 5) is 5.15. The maximum atomic E-state index is 5.15. The summed E-state index contributed by atoms with van der Waals surface area (Å²) < 4.78 is 0. The molecule has 0 spiro atoms. The van der Waals surface area contributed by atoms with Crippen LogP contribution in [-0.2, 0) is 0 Å². The fourth-order valence-electron chi connectivity index (χ4n) is 4.59. The molecular weight excluding hydrogens is 297 g/mol. The monoisotopic (exact) mass is 325 g/mol. The predicted octanol–water partition coefficient (Wildman–Crippen LogP) is 6.01. The first kappa shape index (κ1) is 15.6. The van der Waals surface area contributed by atoms with Gasteiger partial charge in [0.05, 0.1) is 11.0 Å². The molecule has 0 amide bonds. The average molecular weight is 325 g/mol. The van der Waals surface area contributed by atoms with Gasteiger partial charge in [0.1, 0.15) is 0 Å². The van der Waals surface area contributed by atoms with Gasteiger partial charge in [0.2, 0.25) is 0 Å². The van der Waals surface area contributed by atoms with Gasteiger partial charge >= 0.3 is 0 Å². The molecule has 1 aromatic carbocycles. The van der Waals surface area contributed by atoms with Crippen LogP contribution in [0.2, 0.25) is 0 Å². The number of hydrogen-bond donors (Lipinski definition) is 0. The molecule has 0 bridgehead atoms. The van der Waals surface area contributed by atoms with Crippen molar-refractivity contribution in [2.75, 3.05) is 0 Å². The van der Waals surface area contributed by atoms with Crippen LogP contribution in [0.1, 0.15) is 64.2 Å². The molecule has 0 atom stereocenters. The highest BCUT2D eigenvalue weighted by Gasteiger charge is 2.33. The van der Waals surface area contributed by atoms with Crippen LogP contribution in [0.25, 0.3) is 10.9 Å². The molecular formula is C21H28NP. The van der Waals surface area contributed by atoms with E-state index in [1.165, 1.54) is 80.5 Å². The lowest BCUT2D eigenvalue weighted by molar-refractivity contribution is 0.486. The second-order valence-corrected chi connectivity index (χ2v) is 10.1. The van der Waals surface area contributed by atoms with Gasteiger partial charge in [-0.15, -0.1) is 0 Å². The van der Waals surface area contributed by atoms with Crippen molar-refractivity contribution in [1.82, 2.24) is 4.98 Å². The normalized spacial score (nSPS) is 21.1. The quantitative estimate of drug-likeness (QED) is 0.630. The predicted molar refractivity (Wildman–Crippen MR) is 102 cm³/mol. The summed E-state index contributed by atoms with van der Waals surface area (Å²) in [7, 11) is -0.0764. The van der Waals surface area contributed by atoms with Crippen molar-refractivity contribution in [3.8, 4) is 0 Å². The van der Waals surface area contributed by atoms with E-state index in [2.05, 4.69) is 36.4 Å². The molecule has 2 fully saturated rings. The van der Waals surface area contributed by atoms with E-state index >= 15 is 0 Å². The standard InChI is InChI=1S/C21H28NP/c1-3-10-18(11-4-1)23(19-12-5-2-6-13-19)21-16-15-17-9-7-8-14-20(17)22-21/h7-9,14-16,18-19H,1-6,10-13H2. The molecule has 1 heterocycles. The Hall–Kier alpha value is -0.940. The number of aromatic nitrogens is 1. The molecule has 1 aromatic heterocycles. The van der Waals surface area contributed by atoms with Gasteiger partial charge in [-0.05, 0) is 57.1 Å². The van der Waals surface area contributed by atoms with Crippen molar-refractivity contribution in [1.29, 1.82) is 0 Å². The number of para-hydroxylation sites is 1. The summed E-state index contributed by atoms with van der Waals surface area (Å²) in [5.41, 5.74) is 4.53. The Morgan fingerprint density at radius 3 is 1.96 bits per heavy atom. The molecule has 0 aliphatic heterocycles. The van der Waals surface area contributed by atoms with E-state index in [-0.39, 0.29) is 7.92 Å². The molecule has 0 N–H and O–H groups in total. The summed E-state index contributed by atoms with van der Waals surface area (Å²) in [5, 5.41) is 1.29. The van der Waals surface area contributed by atoms with E-state index in [0.29, 0.717) is 0 Å². The molecule has 122 valence electrons. The number of fused-ring (bicyclic) bond motifs is 1. The van der Waals surface area contributed by atoms with E-state index in [1.54, 1.807) is 0 Å². The molecule has 1 nitrogen and oxygen atoms in total. The summed E-state index contributed by atoms with van der Waals surface area (Å²) in [6.07, 6.45) is 14.5. The molecule has 2 aliphatic rings. The fraction of sp³-hybridized carbons (Fsp3) is 0.571. The van der Waals surface area contributed by atoms with Gasteiger partial charge in [-0.2, -0.15) is 0 Å². The van der Waals surface area contributed by atoms with Gasteiger partial charge in [0.15, 0.2) is 0 Å². The van der Waals surface area contributed by atoms with Gasteiger partial charge in [-0.3, -0.25) is 0 Å². The molecule has 23 heavy (non-hydrogen) atoms. The fourth-order valence-corrected chi connectivity index (χ4v) is 8.25. The van der Waals surface area contributed by atoms with Gasteiger partial charge < -0.3 is 0 Å². The SMILES string of the molecule is c1ccc2nc(P(C3CCCCC3)C3CCCCC3)ccc2c1. The van der Waals surface area contributed by atoms with Crippen molar-refractivity contribution in [3.05, 3.63) is 36.4 Å². The minimum Gasteiger partial charge on any atom is -0.248 e. The summed E-state index contributed by atoms with van der Waals surface area (Å²) >= 11 is 0. The Kier molecular flexibility index (Phi) is 4.95. The number of pyridine rings is 1. The van der Waals surface area contributed by atoms with Crippen LogP contribution in [0.5, 0.6) is 0 Å². The minimum absolute atomic E-state index is 0.0764. The highest BCUT2D eigenvalue weighted by Crippen LogP contribution is 2.54. The van der Waals surface area contributed by atoms with Crippen LogP contribution >= 0.6 is 7.92 Å². The average Bonchev–Trinajstić information content (AvgIpc) is 2.64. The van der Waals surface area contributed by atoms with Crippen LogP contribution in [0.15, 0.2) is 36.4 Å². The Morgan fingerprint density at radius 1 is 0.696 bits per heavy atom. The van der Waals surface area contributed by atoms with Crippen LogP contribution in [0, 0.1) is 0 Å². The lowest BCUT2D eigenvalue weighted by Gasteiger charge is -2.38. The zero-order chi connectivity index (χ0) is 15.5. The Labute approximate surface area is 141 Å². The number of rotatable bonds is 3. The largest absolute Gasteiger partial charge is 0.248 e. The van der Waals surface area contributed by atoms with Crippen LogP contribution in [-0.4, -0.2) is 16.3 Å². The summed E-state index contributed by atoms with van der Waals surface area (Å²) in [5.74, 6) is 0. The highest BCUT2D eigenvalue weighted by molar-refractivity contribution is 7.66. The van der Waals surface area contributed by atoms with E-state index < -0.39 is 0 Å². The van der Waals surface area contributed by atoms with E-state index in [9.17, 15) is 0 Å². The first-order chi connectivity index (χ1) is 11.4. The van der Waals surface area contributed by atoms with Crippen LogP contribution in [0.3, 0.4) is 0 Å². The molecule has 2 saturated carbocycles. The molecule has 2 aromatic rings. The van der Waals surface area contributed by atoms with Crippen molar-refractivity contribution in [2.24, 2.45) is 0 Å². The zero-order valence-corrected chi connectivity index (χ0v) is 15.0. The first-order valence-electron chi connectivity index (χ1n) is 9.56. The van der Waals surface area contributed by atoms with Crippen LogP contribution in [0.4, 0.5) is 0 Å². The molecule has 2 heteroatoms. The summed E-state index contributed by atoms with van der Waals surface area (Å²) in [6.45, 7) is 0. The molecule has 4 rings (SSSR count). The van der Waals surface area contributed by atoms with E-state index in [4.69, 9.17) is 4.98 Å². The van der Waals surface area contributed by atoms with E-state index in [0.717, 1.165) is 11.3 Å². The number of benzene rings is 1. The van der Waals surface area contributed by atoms with Gasteiger partial charge in [-0.1, -0.05) is 62.8 Å². The third kappa shape index (κ3) is 3.45. The Balaban J connectivity index is 1.69. The molecule has 2 aliphatic carbocycles. The maximum Gasteiger partial charge on any atom is 0.0709 e. The first-order valence-corrected chi connectivity index (χ1v) is 11.0. The molecule has 0 unspecified atom stereocenters. The molecule has 0 radical (unpaired) electrons. The molecule has 0 saturated heterocycles. The Bertz CT molecular complexity index is 623. The highest BCUT2D eigenvalue weighted by atomic mass is 31.1. The number of hydrogen-bond acceptors (Lipinski definition) is 1. The second-order valence-electron chi connectivity index (χ2n) is 7.35. The van der Waals surface area contributed by atoms with Crippen molar-refractivity contribution in [2.45, 2.75) is 75.5 Å². The summed E-state index contributed by atoms with van der Waals surface area (Å²) in [6, 6.07) is 13.3. The van der Waals surface area contributed by atoms with Gasteiger partial charge in [-0.25, -0.2) is 4.98 Å². The van der Waals surface area contributed by atoms with E-state index in [1.807, 2.05) is 0 Å². The van der Waals surface area contributed by atoms with Gasteiger partial charge in [0.25, 0.3) is 0 Å². The van der Waals surface area contributed by atoms with Crippen LogP contribution < -0.4 is 5.44 Å². The van der Waals surface area contributed by atoms with Crippen molar-refractivity contribution < 1.29 is 0 Å². The smallest absolute Gasteiger partial charge is 0.0709 e. The Morgan fingerprint density at radius 2 is 1.30 bits per heavy atom. The van der Waals surface area contributed by atoms with Gasteiger partial charge in [0, 0.05) is 5.39 Å². The third-order valence-electron chi connectivity index (χ3n) is 5.78. The maximum absolute atomic E-state index is 5.15. The van der Waals surface area contributed by atoms with Crippen molar-refractivity contribution >= 4 is 24.3 Å². The zero-order valence-electron chi connectivity index (χ0n) is 14.1. The topological polar surface area (TPSA) is 12.9 Å². The van der Waals surface area contributed by atoms with Crippen molar-refractivity contribution in [3.63, 3.8) is 0 Å². The lowest BCUT2D eigenvalue weighted by atomic mass is 9.99. The number of nitrogens with zero attached hydrogens (tertiary/aromatic N) is 1. The minimum atomic E-state index is -0.0764. The lowest BCUT2D eigenvalue weighted by Crippen LogP contribution is -2.27. The third-order valence-corrected chi connectivity index (χ3v) is 9.17. The second kappa shape index (κ2) is 7.31.